The zero-order chi connectivity index (χ0) is 12.3. The van der Waals surface area contributed by atoms with E-state index in [0.717, 1.165) is 5.69 Å². The van der Waals surface area contributed by atoms with Crippen molar-refractivity contribution in [3.8, 4) is 0 Å². The van der Waals surface area contributed by atoms with Crippen molar-refractivity contribution in [2.75, 3.05) is 34.9 Å². The monoisotopic (exact) mass is 259 g/mol. The van der Waals surface area contributed by atoms with E-state index in [-0.39, 0.29) is 0 Å². The summed E-state index contributed by atoms with van der Waals surface area (Å²) in [6, 6.07) is 7.70. The van der Waals surface area contributed by atoms with Crippen LogP contribution in [0.3, 0.4) is 0 Å². The van der Waals surface area contributed by atoms with Gasteiger partial charge in [0.1, 0.15) is 0 Å². The highest BCUT2D eigenvalue weighted by Gasteiger charge is 2.19. The van der Waals surface area contributed by atoms with Crippen LogP contribution in [0.1, 0.15) is 0 Å². The molecule has 0 radical (unpaired) electrons. The largest absolute Gasteiger partial charge is 0.264 e. The Labute approximate surface area is 103 Å². The second-order valence-electron chi connectivity index (χ2n) is 4.11. The number of rotatable bonds is 3. The second-order valence-corrected chi connectivity index (χ2v) is 8.06. The number of nitrogens with zero attached hydrogens (tertiary/aromatic N) is 3. The summed E-state index contributed by atoms with van der Waals surface area (Å²) in [5.41, 5.74) is 0.863. The molecule has 0 aromatic heterocycles. The SMILES string of the molecule is CN(C)P(C)(=Nc1ccccc1Cl)N(C)C. The molecule has 3 nitrogen and oxygen atoms in total. The summed E-state index contributed by atoms with van der Waals surface area (Å²) in [5.74, 6) is 0. The Bertz CT molecular complexity index is 403. The molecule has 0 N–H and O–H groups in total. The molecule has 0 amide bonds. The van der Waals surface area contributed by atoms with E-state index < -0.39 is 7.36 Å². The smallest absolute Gasteiger partial charge is 0.0989 e. The first-order chi connectivity index (χ1) is 7.38. The van der Waals surface area contributed by atoms with Gasteiger partial charge in [-0.3, -0.25) is 9.34 Å². The fourth-order valence-corrected chi connectivity index (χ4v) is 3.17. The minimum Gasteiger partial charge on any atom is -0.264 e. The first-order valence-electron chi connectivity index (χ1n) is 5.08. The van der Waals surface area contributed by atoms with Gasteiger partial charge in [0.15, 0.2) is 0 Å². The molecule has 0 aliphatic carbocycles. The highest BCUT2D eigenvalue weighted by molar-refractivity contribution is 7.60. The molecule has 0 unspecified atom stereocenters. The fourth-order valence-electron chi connectivity index (χ4n) is 1.27. The van der Waals surface area contributed by atoms with Gasteiger partial charge in [0, 0.05) is 0 Å². The molecule has 0 saturated heterocycles. The van der Waals surface area contributed by atoms with Gasteiger partial charge in [-0.05, 0) is 47.0 Å². The summed E-state index contributed by atoms with van der Waals surface area (Å²) in [7, 11) is 6.54. The third-order valence-corrected chi connectivity index (χ3v) is 6.61. The zero-order valence-corrected chi connectivity index (χ0v) is 12.1. The Balaban J connectivity index is 3.29. The van der Waals surface area contributed by atoms with Crippen LogP contribution in [0.15, 0.2) is 29.0 Å². The van der Waals surface area contributed by atoms with Crippen molar-refractivity contribution in [1.82, 2.24) is 9.34 Å². The summed E-state index contributed by atoms with van der Waals surface area (Å²) >= 11 is 6.13. The molecule has 1 rings (SSSR count). The predicted octanol–water partition coefficient (Wildman–Crippen LogP) is 3.76. The topological polar surface area (TPSA) is 18.8 Å². The van der Waals surface area contributed by atoms with Crippen LogP contribution in [0.4, 0.5) is 5.69 Å². The molecule has 0 fully saturated rings. The second kappa shape index (κ2) is 5.33. The van der Waals surface area contributed by atoms with E-state index in [1.807, 2.05) is 52.5 Å². The molecule has 0 heterocycles. The Morgan fingerprint density at radius 2 is 1.56 bits per heavy atom. The first kappa shape index (κ1) is 13.7. The first-order valence-corrected chi connectivity index (χ1v) is 7.55. The maximum atomic E-state index is 6.13. The van der Waals surface area contributed by atoms with Gasteiger partial charge in [0.25, 0.3) is 0 Å². The summed E-state index contributed by atoms with van der Waals surface area (Å²) in [4.78, 5) is 0. The molecule has 90 valence electrons. The lowest BCUT2D eigenvalue weighted by atomic mass is 10.3. The van der Waals surface area contributed by atoms with Gasteiger partial charge in [0.05, 0.1) is 18.1 Å². The van der Waals surface area contributed by atoms with E-state index in [2.05, 4.69) is 16.0 Å². The minimum absolute atomic E-state index is 0.706. The summed E-state index contributed by atoms with van der Waals surface area (Å²) < 4.78 is 9.15. The zero-order valence-electron chi connectivity index (χ0n) is 10.5. The van der Waals surface area contributed by atoms with Gasteiger partial charge >= 0.3 is 0 Å². The Morgan fingerprint density at radius 1 is 1.06 bits per heavy atom. The fraction of sp³-hybridized carbons (Fsp3) is 0.455. The normalized spacial score (nSPS) is 12.2. The van der Waals surface area contributed by atoms with Crippen LogP contribution in [0.25, 0.3) is 0 Å². The standard InChI is InChI=1S/C11H19ClN3P/c1-14(2)16(5,15(3)4)13-11-9-7-6-8-10(11)12/h6-9H,1-5H3. The van der Waals surface area contributed by atoms with E-state index in [0.29, 0.717) is 5.02 Å². The maximum Gasteiger partial charge on any atom is 0.0989 e. The van der Waals surface area contributed by atoms with Crippen molar-refractivity contribution in [3.63, 3.8) is 0 Å². The molecule has 0 spiro atoms. The van der Waals surface area contributed by atoms with Gasteiger partial charge in [-0.15, -0.1) is 0 Å². The minimum atomic E-state index is -1.65. The molecule has 0 aliphatic heterocycles. The molecule has 16 heavy (non-hydrogen) atoms. The van der Waals surface area contributed by atoms with Crippen molar-refractivity contribution in [2.24, 2.45) is 4.74 Å². The van der Waals surface area contributed by atoms with Gasteiger partial charge in [-0.1, -0.05) is 23.7 Å². The summed E-state index contributed by atoms with van der Waals surface area (Å²) in [5, 5.41) is 0.706. The van der Waals surface area contributed by atoms with E-state index >= 15 is 0 Å². The number of halogens is 1. The maximum absolute atomic E-state index is 6.13. The van der Waals surface area contributed by atoms with Crippen LogP contribution >= 0.6 is 19.0 Å². The highest BCUT2D eigenvalue weighted by atomic mass is 35.5. The van der Waals surface area contributed by atoms with Crippen molar-refractivity contribution in [3.05, 3.63) is 29.3 Å². The van der Waals surface area contributed by atoms with Crippen LogP contribution in [0, 0.1) is 0 Å². The van der Waals surface area contributed by atoms with Crippen LogP contribution < -0.4 is 0 Å². The van der Waals surface area contributed by atoms with Gasteiger partial charge < -0.3 is 0 Å². The van der Waals surface area contributed by atoms with Crippen molar-refractivity contribution in [1.29, 1.82) is 0 Å². The molecular formula is C11H19ClN3P. The highest BCUT2D eigenvalue weighted by Crippen LogP contribution is 2.52. The lowest BCUT2D eigenvalue weighted by Crippen LogP contribution is -2.20. The van der Waals surface area contributed by atoms with Gasteiger partial charge in [0.2, 0.25) is 0 Å². The van der Waals surface area contributed by atoms with Gasteiger partial charge in [-0.25, -0.2) is 4.74 Å². The average Bonchev–Trinajstić information content (AvgIpc) is 2.20. The molecule has 0 bridgehead atoms. The Kier molecular flexibility index (Phi) is 4.57. The molecular weight excluding hydrogens is 241 g/mol. The number of hydrogen-bond donors (Lipinski definition) is 0. The lowest BCUT2D eigenvalue weighted by Gasteiger charge is -2.33. The quantitative estimate of drug-likeness (QED) is 0.770. The molecule has 0 saturated carbocycles. The summed E-state index contributed by atoms with van der Waals surface area (Å²) in [6.07, 6.45) is 0. The van der Waals surface area contributed by atoms with Crippen LogP contribution in [-0.2, 0) is 0 Å². The van der Waals surface area contributed by atoms with Crippen LogP contribution in [0.5, 0.6) is 0 Å². The third-order valence-electron chi connectivity index (χ3n) is 2.67. The molecule has 1 aromatic carbocycles. The Hall–Kier alpha value is -0.340. The Morgan fingerprint density at radius 3 is 2.00 bits per heavy atom. The van der Waals surface area contributed by atoms with Crippen molar-refractivity contribution < 1.29 is 0 Å². The predicted molar refractivity (Wildman–Crippen MR) is 73.8 cm³/mol. The van der Waals surface area contributed by atoms with E-state index in [1.165, 1.54) is 0 Å². The average molecular weight is 260 g/mol. The van der Waals surface area contributed by atoms with E-state index in [9.17, 15) is 0 Å². The number of benzene rings is 1. The number of hydrogen-bond acceptors (Lipinski definition) is 1. The molecule has 0 atom stereocenters. The molecule has 1 aromatic rings. The third kappa shape index (κ3) is 2.86. The van der Waals surface area contributed by atoms with Gasteiger partial charge in [-0.2, -0.15) is 0 Å². The van der Waals surface area contributed by atoms with Crippen LogP contribution in [-0.4, -0.2) is 44.2 Å². The van der Waals surface area contributed by atoms with Crippen molar-refractivity contribution >= 4 is 24.6 Å². The van der Waals surface area contributed by atoms with Crippen molar-refractivity contribution in [2.45, 2.75) is 0 Å². The van der Waals surface area contributed by atoms with E-state index in [1.54, 1.807) is 0 Å². The van der Waals surface area contributed by atoms with Crippen LogP contribution in [0.2, 0.25) is 5.02 Å². The summed E-state index contributed by atoms with van der Waals surface area (Å²) in [6.45, 7) is 2.16. The molecule has 0 aliphatic rings. The lowest BCUT2D eigenvalue weighted by molar-refractivity contribution is 0.566. The van der Waals surface area contributed by atoms with E-state index in [4.69, 9.17) is 16.3 Å². The molecule has 5 heteroatoms.